The van der Waals surface area contributed by atoms with E-state index in [1.807, 2.05) is 36.4 Å². The van der Waals surface area contributed by atoms with E-state index in [0.29, 0.717) is 0 Å². The Morgan fingerprint density at radius 1 is 1.38 bits per heavy atom. The second kappa shape index (κ2) is 7.90. The molecule has 0 aromatic heterocycles. The second-order valence-electron chi connectivity index (χ2n) is 4.85. The first-order chi connectivity index (χ1) is 9.95. The number of hydrogen-bond acceptors (Lipinski definition) is 3. The number of urea groups is 1. The molecule has 2 unspecified atom stereocenters. The Kier molecular flexibility index (Phi) is 6.21. The highest BCUT2D eigenvalue weighted by Gasteiger charge is 2.23. The normalized spacial score (nSPS) is 12.8. The summed E-state index contributed by atoms with van der Waals surface area (Å²) in [5, 5.41) is 20.3. The topological polar surface area (TPSA) is 93.4 Å². The summed E-state index contributed by atoms with van der Waals surface area (Å²) in [6.45, 7) is 1.73. The zero-order valence-corrected chi connectivity index (χ0v) is 12.1. The van der Waals surface area contributed by atoms with Gasteiger partial charge in [-0.3, -0.25) is 0 Å². The third kappa shape index (κ3) is 5.15. The number of aliphatic carboxylic acids is 1. The zero-order chi connectivity index (χ0) is 15.8. The monoisotopic (exact) mass is 289 g/mol. The van der Waals surface area contributed by atoms with Crippen LogP contribution in [-0.4, -0.2) is 41.1 Å². The molecule has 0 aliphatic heterocycles. The quantitative estimate of drug-likeness (QED) is 0.832. The van der Waals surface area contributed by atoms with Gasteiger partial charge in [-0.1, -0.05) is 30.3 Å². The number of carboxylic acids is 1. The molecule has 0 spiro atoms. The van der Waals surface area contributed by atoms with Gasteiger partial charge in [0.05, 0.1) is 12.5 Å². The van der Waals surface area contributed by atoms with Gasteiger partial charge in [-0.15, -0.1) is 0 Å². The molecule has 0 heterocycles. The molecule has 1 aromatic carbocycles. The van der Waals surface area contributed by atoms with Crippen molar-refractivity contribution in [3.8, 4) is 6.07 Å². The average molecular weight is 289 g/mol. The van der Waals surface area contributed by atoms with Crippen molar-refractivity contribution >= 4 is 12.0 Å². The number of amides is 2. The Balaban J connectivity index is 2.69. The molecule has 2 N–H and O–H groups in total. The summed E-state index contributed by atoms with van der Waals surface area (Å²) in [4.78, 5) is 24.6. The molecule has 2 amide bonds. The summed E-state index contributed by atoms with van der Waals surface area (Å²) in [7, 11) is 1.54. The summed E-state index contributed by atoms with van der Waals surface area (Å²) in [5.74, 6) is -1.09. The summed E-state index contributed by atoms with van der Waals surface area (Å²) < 4.78 is 0. The number of rotatable bonds is 6. The molecule has 0 bridgehead atoms. The Hall–Kier alpha value is -2.55. The van der Waals surface area contributed by atoms with Crippen LogP contribution in [0.5, 0.6) is 0 Å². The van der Waals surface area contributed by atoms with Crippen molar-refractivity contribution < 1.29 is 14.7 Å². The number of carbonyl (C=O) groups is 2. The molecule has 21 heavy (non-hydrogen) atoms. The SMILES string of the molecule is CC(CC#N)N(C)C(=O)NC(Cc1ccccc1)C(=O)O. The Labute approximate surface area is 124 Å². The number of carboxylic acid groups (broad SMARTS) is 1. The highest BCUT2D eigenvalue weighted by atomic mass is 16.4. The summed E-state index contributed by atoms with van der Waals surface area (Å²) >= 11 is 0. The zero-order valence-electron chi connectivity index (χ0n) is 12.1. The van der Waals surface area contributed by atoms with Gasteiger partial charge in [0.15, 0.2) is 0 Å². The lowest BCUT2D eigenvalue weighted by molar-refractivity contribution is -0.139. The van der Waals surface area contributed by atoms with Crippen molar-refractivity contribution in [3.05, 3.63) is 35.9 Å². The van der Waals surface area contributed by atoms with E-state index in [0.717, 1.165) is 5.56 Å². The van der Waals surface area contributed by atoms with Crippen molar-refractivity contribution in [1.82, 2.24) is 10.2 Å². The van der Waals surface area contributed by atoms with E-state index in [1.54, 1.807) is 14.0 Å². The minimum Gasteiger partial charge on any atom is -0.480 e. The van der Waals surface area contributed by atoms with E-state index in [1.165, 1.54) is 4.90 Å². The van der Waals surface area contributed by atoms with Gasteiger partial charge in [-0.05, 0) is 12.5 Å². The van der Waals surface area contributed by atoms with Gasteiger partial charge in [0.1, 0.15) is 6.04 Å². The lowest BCUT2D eigenvalue weighted by atomic mass is 10.1. The first-order valence-electron chi connectivity index (χ1n) is 6.62. The van der Waals surface area contributed by atoms with Crippen molar-refractivity contribution in [3.63, 3.8) is 0 Å². The van der Waals surface area contributed by atoms with Crippen LogP contribution in [0.25, 0.3) is 0 Å². The fourth-order valence-corrected chi connectivity index (χ4v) is 1.77. The standard InChI is InChI=1S/C15H19N3O3/c1-11(8-9-16)18(2)15(21)17-13(14(19)20)10-12-6-4-3-5-7-12/h3-7,11,13H,8,10H2,1-2H3,(H,17,21)(H,19,20). The summed E-state index contributed by atoms with van der Waals surface area (Å²) in [6, 6.07) is 9.30. The number of nitrogens with zero attached hydrogens (tertiary/aromatic N) is 2. The van der Waals surface area contributed by atoms with Crippen LogP contribution in [0.4, 0.5) is 4.79 Å². The molecule has 0 aliphatic rings. The highest BCUT2D eigenvalue weighted by molar-refractivity contribution is 5.82. The van der Waals surface area contributed by atoms with E-state index in [2.05, 4.69) is 5.32 Å². The molecule has 1 rings (SSSR count). The largest absolute Gasteiger partial charge is 0.480 e. The predicted octanol–water partition coefficient (Wildman–Crippen LogP) is 1.63. The van der Waals surface area contributed by atoms with Crippen LogP contribution in [-0.2, 0) is 11.2 Å². The number of carbonyl (C=O) groups excluding carboxylic acids is 1. The second-order valence-corrected chi connectivity index (χ2v) is 4.85. The third-order valence-corrected chi connectivity index (χ3v) is 3.25. The van der Waals surface area contributed by atoms with E-state index < -0.39 is 18.0 Å². The van der Waals surface area contributed by atoms with E-state index in [-0.39, 0.29) is 18.9 Å². The van der Waals surface area contributed by atoms with Gasteiger partial charge >= 0.3 is 12.0 Å². The number of nitrogens with one attached hydrogen (secondary N) is 1. The Morgan fingerprint density at radius 2 is 2.00 bits per heavy atom. The average Bonchev–Trinajstić information content (AvgIpc) is 2.46. The maximum absolute atomic E-state index is 12.0. The fraction of sp³-hybridized carbons (Fsp3) is 0.400. The first kappa shape index (κ1) is 16.5. The minimum atomic E-state index is -1.09. The molecule has 0 radical (unpaired) electrons. The molecule has 6 heteroatoms. The molecule has 2 atom stereocenters. The predicted molar refractivity (Wildman–Crippen MR) is 77.6 cm³/mol. The smallest absolute Gasteiger partial charge is 0.326 e. The molecule has 0 saturated carbocycles. The minimum absolute atomic E-state index is 0.195. The van der Waals surface area contributed by atoms with Gasteiger partial charge in [0, 0.05) is 19.5 Å². The summed E-state index contributed by atoms with van der Waals surface area (Å²) in [5.41, 5.74) is 0.831. The fourth-order valence-electron chi connectivity index (χ4n) is 1.77. The van der Waals surface area contributed by atoms with Crippen molar-refractivity contribution in [2.45, 2.75) is 31.8 Å². The van der Waals surface area contributed by atoms with E-state index >= 15 is 0 Å². The Bertz CT molecular complexity index is 525. The molecule has 112 valence electrons. The van der Waals surface area contributed by atoms with Gasteiger partial charge in [0.25, 0.3) is 0 Å². The molecule has 1 aromatic rings. The third-order valence-electron chi connectivity index (χ3n) is 3.25. The molecular weight excluding hydrogens is 270 g/mol. The van der Waals surface area contributed by atoms with Crippen molar-refractivity contribution in [1.29, 1.82) is 5.26 Å². The Morgan fingerprint density at radius 3 is 2.52 bits per heavy atom. The van der Waals surface area contributed by atoms with Crippen LogP contribution in [0, 0.1) is 11.3 Å². The highest BCUT2D eigenvalue weighted by Crippen LogP contribution is 2.06. The molecule has 0 aliphatic carbocycles. The van der Waals surface area contributed by atoms with Gasteiger partial charge in [-0.2, -0.15) is 5.26 Å². The summed E-state index contributed by atoms with van der Waals surface area (Å²) in [6.07, 6.45) is 0.405. The molecular formula is C15H19N3O3. The van der Waals surface area contributed by atoms with Crippen LogP contribution in [0.3, 0.4) is 0 Å². The van der Waals surface area contributed by atoms with Gasteiger partial charge in [-0.25, -0.2) is 9.59 Å². The van der Waals surface area contributed by atoms with Crippen LogP contribution in [0.2, 0.25) is 0 Å². The van der Waals surface area contributed by atoms with Crippen LogP contribution in [0.1, 0.15) is 18.9 Å². The van der Waals surface area contributed by atoms with E-state index in [9.17, 15) is 14.7 Å². The molecule has 0 saturated heterocycles. The molecule has 6 nitrogen and oxygen atoms in total. The van der Waals surface area contributed by atoms with Gasteiger partial charge in [0.2, 0.25) is 0 Å². The van der Waals surface area contributed by atoms with Gasteiger partial charge < -0.3 is 15.3 Å². The molecule has 0 fully saturated rings. The van der Waals surface area contributed by atoms with Crippen LogP contribution >= 0.6 is 0 Å². The first-order valence-corrected chi connectivity index (χ1v) is 6.62. The number of hydrogen-bond donors (Lipinski definition) is 2. The van der Waals surface area contributed by atoms with Crippen molar-refractivity contribution in [2.75, 3.05) is 7.05 Å². The maximum Gasteiger partial charge on any atom is 0.326 e. The maximum atomic E-state index is 12.0. The number of nitriles is 1. The number of benzene rings is 1. The van der Waals surface area contributed by atoms with Crippen LogP contribution < -0.4 is 5.32 Å². The van der Waals surface area contributed by atoms with E-state index in [4.69, 9.17) is 5.26 Å². The lowest BCUT2D eigenvalue weighted by Gasteiger charge is -2.25. The lowest BCUT2D eigenvalue weighted by Crippen LogP contribution is -2.49. The van der Waals surface area contributed by atoms with Crippen molar-refractivity contribution in [2.24, 2.45) is 0 Å². The van der Waals surface area contributed by atoms with Crippen LogP contribution in [0.15, 0.2) is 30.3 Å².